The van der Waals surface area contributed by atoms with Gasteiger partial charge in [0, 0.05) is 85.9 Å². The Hall–Kier alpha value is -7.58. The van der Waals surface area contributed by atoms with Gasteiger partial charge < -0.3 is 19.8 Å². The van der Waals surface area contributed by atoms with E-state index in [9.17, 15) is 10.1 Å². The van der Waals surface area contributed by atoms with Crippen molar-refractivity contribution in [3.8, 4) is 62.2 Å². The zero-order chi connectivity index (χ0) is 43.2. The highest BCUT2D eigenvalue weighted by molar-refractivity contribution is 5.94. The first-order valence-corrected chi connectivity index (χ1v) is 22.1. The van der Waals surface area contributed by atoms with Gasteiger partial charge in [-0.15, -0.1) is 0 Å². The van der Waals surface area contributed by atoms with Gasteiger partial charge in [0.1, 0.15) is 11.6 Å². The fourth-order valence-electron chi connectivity index (χ4n) is 8.94. The second kappa shape index (κ2) is 18.4. The molecule has 8 aromatic rings. The first kappa shape index (κ1) is 40.5. The third-order valence-corrected chi connectivity index (χ3v) is 12.4. The summed E-state index contributed by atoms with van der Waals surface area (Å²) >= 11 is 0. The van der Waals surface area contributed by atoms with Gasteiger partial charge in [-0.1, -0.05) is 115 Å². The number of nitriles is 1. The molecule has 0 aliphatic carbocycles. The molecular formula is C54H49N9O. The minimum Gasteiger partial charge on any atom is -0.369 e. The van der Waals surface area contributed by atoms with Crippen molar-refractivity contribution in [1.29, 1.82) is 5.26 Å². The molecule has 2 aliphatic heterocycles. The van der Waals surface area contributed by atoms with Crippen molar-refractivity contribution in [2.45, 2.75) is 13.1 Å². The van der Waals surface area contributed by atoms with Gasteiger partial charge in [0.2, 0.25) is 0 Å². The predicted octanol–water partition coefficient (Wildman–Crippen LogP) is 9.62. The van der Waals surface area contributed by atoms with Gasteiger partial charge in [0.25, 0.3) is 5.91 Å². The number of hydrogen-bond donors (Lipinski definition) is 2. The number of aromatic nitrogens is 4. The number of nitrogens with one attached hydrogen (secondary N) is 2. The minimum absolute atomic E-state index is 0.0891. The lowest BCUT2D eigenvalue weighted by Gasteiger charge is -2.35. The van der Waals surface area contributed by atoms with E-state index in [-0.39, 0.29) is 5.91 Å². The van der Waals surface area contributed by atoms with E-state index in [0.29, 0.717) is 25.2 Å². The van der Waals surface area contributed by atoms with Crippen molar-refractivity contribution >= 4 is 11.6 Å². The van der Waals surface area contributed by atoms with Gasteiger partial charge in [-0.3, -0.25) is 14.6 Å². The summed E-state index contributed by atoms with van der Waals surface area (Å²) in [5.74, 6) is 1.94. The van der Waals surface area contributed by atoms with E-state index in [2.05, 4.69) is 128 Å². The smallest absolute Gasteiger partial charge is 0.253 e. The van der Waals surface area contributed by atoms with Gasteiger partial charge >= 0.3 is 0 Å². The number of amides is 1. The highest BCUT2D eigenvalue weighted by Gasteiger charge is 2.25. The Bertz CT molecular complexity index is 2890. The molecule has 0 unspecified atom stereocenters. The van der Waals surface area contributed by atoms with Crippen LogP contribution in [0.4, 0.5) is 5.69 Å². The first-order chi connectivity index (χ1) is 31.5. The van der Waals surface area contributed by atoms with Crippen molar-refractivity contribution < 1.29 is 4.79 Å². The molecule has 4 heterocycles. The number of anilines is 1. The fraction of sp³-hybridized carbons (Fsp3) is 0.185. The van der Waals surface area contributed by atoms with Gasteiger partial charge in [0.15, 0.2) is 0 Å². The molecule has 2 saturated heterocycles. The fourth-order valence-corrected chi connectivity index (χ4v) is 8.94. The SMILES string of the molecule is N#Cc1ccc(N2CCN(Cc3nc(-c4ccccc4)c(-c4cccc(-c5cccc(-c6nc(CN7CCN(C(=O)c8ccccc8)CC7)[nH]c6-c6ccccc6)c5)c4)[nH]3)CC2)cc1. The molecule has 0 atom stereocenters. The lowest BCUT2D eigenvalue weighted by molar-refractivity contribution is 0.0626. The number of carbonyl (C=O) groups is 1. The molecule has 10 nitrogen and oxygen atoms in total. The molecule has 0 radical (unpaired) electrons. The lowest BCUT2D eigenvalue weighted by atomic mass is 9.97. The van der Waals surface area contributed by atoms with E-state index in [4.69, 9.17) is 9.97 Å². The van der Waals surface area contributed by atoms with Crippen LogP contribution in [0.2, 0.25) is 0 Å². The van der Waals surface area contributed by atoms with Gasteiger partial charge in [-0.05, 0) is 59.7 Å². The van der Waals surface area contributed by atoms with Crippen LogP contribution in [0, 0.1) is 11.3 Å². The van der Waals surface area contributed by atoms with Crippen molar-refractivity contribution in [3.05, 3.63) is 187 Å². The summed E-state index contributed by atoms with van der Waals surface area (Å²) in [7, 11) is 0. The monoisotopic (exact) mass is 839 g/mol. The maximum absolute atomic E-state index is 13.1. The van der Waals surface area contributed by atoms with Crippen molar-refractivity contribution in [3.63, 3.8) is 0 Å². The van der Waals surface area contributed by atoms with Crippen LogP contribution in [-0.4, -0.2) is 92.9 Å². The van der Waals surface area contributed by atoms with E-state index in [0.717, 1.165) is 125 Å². The standard InChI is InChI=1S/C54H49N9O/c55-36-39-22-24-47(25-23-39)62-30-26-60(27-31-62)37-48-56-50(40-12-4-1-5-13-40)52(58-48)45-20-10-18-43(34-45)44-19-11-21-46(35-44)53-51(41-14-6-2-7-15-41)57-49(59-53)38-61-28-32-63(33-29-61)54(64)42-16-8-3-9-17-42/h1-25,34-35H,26-33,37-38H2,(H,56,58)(H,57,59). The number of aromatic amines is 2. The Kier molecular flexibility index (Phi) is 11.6. The third kappa shape index (κ3) is 8.86. The average Bonchev–Trinajstić information content (AvgIpc) is 4.00. The normalized spacial score (nSPS) is 14.7. The highest BCUT2D eigenvalue weighted by atomic mass is 16.2. The molecule has 1 amide bonds. The molecule has 0 bridgehead atoms. The lowest BCUT2D eigenvalue weighted by Crippen LogP contribution is -2.48. The summed E-state index contributed by atoms with van der Waals surface area (Å²) in [5.41, 5.74) is 12.9. The number of nitrogens with zero attached hydrogens (tertiary/aromatic N) is 7. The molecule has 0 saturated carbocycles. The molecule has 2 fully saturated rings. The Balaban J connectivity index is 0.889. The van der Waals surface area contributed by atoms with Gasteiger partial charge in [-0.25, -0.2) is 9.97 Å². The van der Waals surface area contributed by atoms with E-state index in [1.807, 2.05) is 71.6 Å². The number of carbonyl (C=O) groups excluding carboxylic acids is 1. The Morgan fingerprint density at radius 3 is 1.56 bits per heavy atom. The minimum atomic E-state index is 0.0891. The van der Waals surface area contributed by atoms with E-state index in [1.54, 1.807) is 0 Å². The number of imidazole rings is 2. The van der Waals surface area contributed by atoms with E-state index < -0.39 is 0 Å². The maximum atomic E-state index is 13.1. The molecule has 2 N–H and O–H groups in total. The average molecular weight is 840 g/mol. The molecule has 2 aliphatic rings. The zero-order valence-electron chi connectivity index (χ0n) is 35.7. The molecule has 64 heavy (non-hydrogen) atoms. The zero-order valence-corrected chi connectivity index (χ0v) is 35.7. The predicted molar refractivity (Wildman–Crippen MR) is 254 cm³/mol. The van der Waals surface area contributed by atoms with Crippen LogP contribution >= 0.6 is 0 Å². The van der Waals surface area contributed by atoms with E-state index in [1.165, 1.54) is 0 Å². The summed E-state index contributed by atoms with van der Waals surface area (Å²) in [6, 6.07) is 57.9. The largest absolute Gasteiger partial charge is 0.369 e. The Morgan fingerprint density at radius 1 is 0.500 bits per heavy atom. The Labute approximate surface area is 374 Å². The number of hydrogen-bond acceptors (Lipinski definition) is 7. The van der Waals surface area contributed by atoms with Crippen LogP contribution in [0.15, 0.2) is 164 Å². The summed E-state index contributed by atoms with van der Waals surface area (Å²) in [5, 5.41) is 9.22. The second-order valence-corrected chi connectivity index (χ2v) is 16.6. The van der Waals surface area contributed by atoms with Crippen molar-refractivity contribution in [2.75, 3.05) is 57.3 Å². The molecular weight excluding hydrogens is 791 g/mol. The topological polar surface area (TPSA) is 111 Å². The van der Waals surface area contributed by atoms with Gasteiger partial charge in [-0.2, -0.15) is 5.26 Å². The number of rotatable bonds is 11. The van der Waals surface area contributed by atoms with Crippen molar-refractivity contribution in [2.24, 2.45) is 0 Å². The van der Waals surface area contributed by atoms with Crippen LogP contribution in [0.25, 0.3) is 56.2 Å². The molecule has 0 spiro atoms. The van der Waals surface area contributed by atoms with Crippen LogP contribution in [0.1, 0.15) is 27.6 Å². The van der Waals surface area contributed by atoms with Crippen molar-refractivity contribution in [1.82, 2.24) is 34.6 Å². The van der Waals surface area contributed by atoms with Gasteiger partial charge in [0.05, 0.1) is 47.5 Å². The van der Waals surface area contributed by atoms with Crippen LogP contribution in [-0.2, 0) is 13.1 Å². The quantitative estimate of drug-likeness (QED) is 0.134. The third-order valence-electron chi connectivity index (χ3n) is 12.4. The van der Waals surface area contributed by atoms with E-state index >= 15 is 0 Å². The number of H-pyrrole nitrogens is 2. The number of piperazine rings is 2. The molecule has 2 aromatic heterocycles. The summed E-state index contributed by atoms with van der Waals surface area (Å²) in [6.45, 7) is 7.97. The molecule has 316 valence electrons. The Morgan fingerprint density at radius 2 is 0.969 bits per heavy atom. The highest BCUT2D eigenvalue weighted by Crippen LogP contribution is 2.36. The molecule has 10 heteroatoms. The number of benzene rings is 6. The molecule has 10 rings (SSSR count). The second-order valence-electron chi connectivity index (χ2n) is 16.6. The molecule has 6 aromatic carbocycles. The first-order valence-electron chi connectivity index (χ1n) is 22.1. The summed E-state index contributed by atoms with van der Waals surface area (Å²) in [6.07, 6.45) is 0. The van der Waals surface area contributed by atoms with Crippen LogP contribution < -0.4 is 4.90 Å². The summed E-state index contributed by atoms with van der Waals surface area (Å²) < 4.78 is 0. The van der Waals surface area contributed by atoms with Crippen LogP contribution in [0.5, 0.6) is 0 Å². The maximum Gasteiger partial charge on any atom is 0.253 e. The summed E-state index contributed by atoms with van der Waals surface area (Å²) in [4.78, 5) is 40.2. The van der Waals surface area contributed by atoms with Crippen LogP contribution in [0.3, 0.4) is 0 Å².